The second kappa shape index (κ2) is 8.89. The average Bonchev–Trinajstić information content (AvgIpc) is 3.26. The summed E-state index contributed by atoms with van der Waals surface area (Å²) in [7, 11) is 1.55. The topological polar surface area (TPSA) is 108 Å². The third-order valence-corrected chi connectivity index (χ3v) is 4.96. The highest BCUT2D eigenvalue weighted by Gasteiger charge is 2.13. The van der Waals surface area contributed by atoms with E-state index in [2.05, 4.69) is 4.98 Å². The molecule has 0 aliphatic heterocycles. The lowest BCUT2D eigenvalue weighted by Gasteiger charge is -2.13. The summed E-state index contributed by atoms with van der Waals surface area (Å²) < 4.78 is 17.0. The average molecular weight is 418 g/mol. The van der Waals surface area contributed by atoms with E-state index in [-0.39, 0.29) is 13.0 Å². The van der Waals surface area contributed by atoms with Crippen LogP contribution in [0.5, 0.6) is 11.5 Å². The smallest absolute Gasteiger partial charge is 0.307 e. The Kier molecular flexibility index (Phi) is 5.86. The molecule has 0 fully saturated rings. The third kappa shape index (κ3) is 4.51. The van der Waals surface area contributed by atoms with Crippen molar-refractivity contribution in [2.24, 2.45) is 5.73 Å². The number of rotatable bonds is 8. The van der Waals surface area contributed by atoms with Crippen LogP contribution in [0.2, 0.25) is 0 Å². The van der Waals surface area contributed by atoms with Crippen LogP contribution in [0.3, 0.4) is 0 Å². The summed E-state index contributed by atoms with van der Waals surface area (Å²) in [6, 6.07) is 14.9. The van der Waals surface area contributed by atoms with E-state index in [1.54, 1.807) is 37.8 Å². The van der Waals surface area contributed by atoms with Crippen LogP contribution < -0.4 is 15.2 Å². The Hall–Kier alpha value is -3.84. The molecule has 4 aromatic rings. The summed E-state index contributed by atoms with van der Waals surface area (Å²) in [5, 5.41) is 10.1. The molecular weight excluding hydrogens is 396 g/mol. The number of aliphatic carboxylic acids is 1. The highest BCUT2D eigenvalue weighted by atomic mass is 16.5. The Labute approximate surface area is 179 Å². The minimum atomic E-state index is -0.925. The van der Waals surface area contributed by atoms with Crippen LogP contribution in [0, 0.1) is 0 Å². The quantitative estimate of drug-likeness (QED) is 0.442. The first-order valence-corrected chi connectivity index (χ1v) is 9.74. The zero-order valence-corrected chi connectivity index (χ0v) is 17.0. The molecule has 0 unspecified atom stereocenters. The number of pyridine rings is 1. The van der Waals surface area contributed by atoms with Crippen LogP contribution in [-0.4, -0.2) is 23.2 Å². The molecule has 3 N–H and O–H groups in total. The Morgan fingerprint density at radius 2 is 2.03 bits per heavy atom. The van der Waals surface area contributed by atoms with Gasteiger partial charge in [-0.3, -0.25) is 9.78 Å². The van der Waals surface area contributed by atoms with E-state index in [0.717, 1.165) is 33.4 Å². The number of benzene rings is 2. The lowest BCUT2D eigenvalue weighted by molar-refractivity contribution is -0.136. The van der Waals surface area contributed by atoms with Crippen molar-refractivity contribution >= 4 is 16.9 Å². The first-order chi connectivity index (χ1) is 15.1. The van der Waals surface area contributed by atoms with Crippen molar-refractivity contribution in [3.05, 3.63) is 77.8 Å². The number of methoxy groups -OCH3 is 1. The number of carboxylic acids is 1. The van der Waals surface area contributed by atoms with E-state index in [4.69, 9.17) is 19.6 Å². The van der Waals surface area contributed by atoms with Gasteiger partial charge in [0.05, 0.1) is 25.5 Å². The molecule has 2 aromatic heterocycles. The first kappa shape index (κ1) is 20.4. The zero-order valence-electron chi connectivity index (χ0n) is 17.0. The summed E-state index contributed by atoms with van der Waals surface area (Å²) in [6.07, 6.45) is 3.24. The van der Waals surface area contributed by atoms with Crippen LogP contribution in [0.25, 0.3) is 22.1 Å². The van der Waals surface area contributed by atoms with Crippen molar-refractivity contribution in [1.82, 2.24) is 4.98 Å². The predicted octanol–water partition coefficient (Wildman–Crippen LogP) is 4.17. The van der Waals surface area contributed by atoms with Crippen molar-refractivity contribution in [2.75, 3.05) is 7.11 Å². The van der Waals surface area contributed by atoms with Gasteiger partial charge in [-0.25, -0.2) is 0 Å². The lowest BCUT2D eigenvalue weighted by Crippen LogP contribution is -2.05. The van der Waals surface area contributed by atoms with Gasteiger partial charge in [0, 0.05) is 35.3 Å². The summed E-state index contributed by atoms with van der Waals surface area (Å²) in [5.41, 5.74) is 10.7. The molecule has 2 aromatic carbocycles. The van der Waals surface area contributed by atoms with E-state index in [0.29, 0.717) is 23.6 Å². The van der Waals surface area contributed by atoms with Gasteiger partial charge < -0.3 is 24.7 Å². The second-order valence-electron chi connectivity index (χ2n) is 7.06. The van der Waals surface area contributed by atoms with E-state index >= 15 is 0 Å². The monoisotopic (exact) mass is 418 g/mol. The molecule has 0 bridgehead atoms. The fraction of sp³-hybridized carbons (Fsp3) is 0.167. The normalized spacial score (nSPS) is 10.9. The number of nitrogens with zero attached hydrogens (tertiary/aromatic N) is 1. The van der Waals surface area contributed by atoms with Gasteiger partial charge in [-0.2, -0.15) is 0 Å². The van der Waals surface area contributed by atoms with Gasteiger partial charge in [0.25, 0.3) is 0 Å². The number of ether oxygens (including phenoxy) is 2. The minimum absolute atomic E-state index is 0.135. The van der Waals surface area contributed by atoms with Crippen LogP contribution in [0.4, 0.5) is 0 Å². The van der Waals surface area contributed by atoms with Crippen molar-refractivity contribution in [2.45, 2.75) is 19.6 Å². The van der Waals surface area contributed by atoms with Gasteiger partial charge in [-0.15, -0.1) is 0 Å². The van der Waals surface area contributed by atoms with Crippen molar-refractivity contribution in [1.29, 1.82) is 0 Å². The highest BCUT2D eigenvalue weighted by Crippen LogP contribution is 2.32. The molecule has 0 spiro atoms. The van der Waals surface area contributed by atoms with E-state index in [1.807, 2.05) is 30.3 Å². The van der Waals surface area contributed by atoms with Gasteiger partial charge in [0.15, 0.2) is 0 Å². The van der Waals surface area contributed by atoms with Gasteiger partial charge in [-0.05, 0) is 47.5 Å². The maximum atomic E-state index is 11.2. The van der Waals surface area contributed by atoms with Crippen molar-refractivity contribution < 1.29 is 23.8 Å². The minimum Gasteiger partial charge on any atom is -0.497 e. The Balaban J connectivity index is 1.68. The Bertz CT molecular complexity index is 1230. The Morgan fingerprint density at radius 3 is 2.81 bits per heavy atom. The Morgan fingerprint density at radius 1 is 1.16 bits per heavy atom. The summed E-state index contributed by atoms with van der Waals surface area (Å²) in [5.74, 6) is 0.150. The maximum absolute atomic E-state index is 11.2. The van der Waals surface area contributed by atoms with E-state index in [9.17, 15) is 9.90 Å². The molecule has 4 rings (SSSR count). The van der Waals surface area contributed by atoms with Crippen molar-refractivity contribution in [3.8, 4) is 22.6 Å². The largest absolute Gasteiger partial charge is 0.497 e. The maximum Gasteiger partial charge on any atom is 0.307 e. The summed E-state index contributed by atoms with van der Waals surface area (Å²) >= 11 is 0. The second-order valence-corrected chi connectivity index (χ2v) is 7.06. The molecule has 0 aliphatic carbocycles. The molecule has 0 radical (unpaired) electrons. The SMILES string of the molecule is COc1ccc(CC(=O)O)c(OCc2cc(-c3ccnc(CN)c3)c3occc3c2)c1. The van der Waals surface area contributed by atoms with Crippen molar-refractivity contribution in [3.63, 3.8) is 0 Å². The standard InChI is InChI=1S/C24H22N2O5/c1-29-20-3-2-17(11-23(27)28)22(12-20)31-14-15-8-18-5-7-30-24(18)21(9-15)16-4-6-26-19(10-16)13-25/h2-10,12H,11,13-14,25H2,1H3,(H,27,28). The molecule has 0 saturated carbocycles. The van der Waals surface area contributed by atoms with Crippen LogP contribution >= 0.6 is 0 Å². The fourth-order valence-corrected chi connectivity index (χ4v) is 3.47. The number of hydrogen-bond acceptors (Lipinski definition) is 6. The number of nitrogens with two attached hydrogens (primary N) is 1. The number of aromatic nitrogens is 1. The van der Waals surface area contributed by atoms with Gasteiger partial charge in [-0.1, -0.05) is 6.07 Å². The number of carboxylic acid groups (broad SMARTS) is 1. The van der Waals surface area contributed by atoms with Gasteiger partial charge in [0.2, 0.25) is 0 Å². The molecular formula is C24H22N2O5. The lowest BCUT2D eigenvalue weighted by atomic mass is 10.0. The molecule has 0 aliphatic rings. The zero-order chi connectivity index (χ0) is 21.8. The predicted molar refractivity (Wildman–Crippen MR) is 116 cm³/mol. The van der Waals surface area contributed by atoms with Crippen LogP contribution in [0.15, 0.2) is 65.4 Å². The van der Waals surface area contributed by atoms with Crippen LogP contribution in [-0.2, 0) is 24.4 Å². The molecule has 0 amide bonds. The van der Waals surface area contributed by atoms with E-state index < -0.39 is 5.97 Å². The molecule has 7 nitrogen and oxygen atoms in total. The number of carbonyl (C=O) groups is 1. The van der Waals surface area contributed by atoms with E-state index in [1.165, 1.54) is 0 Å². The highest BCUT2D eigenvalue weighted by molar-refractivity contribution is 5.93. The molecule has 31 heavy (non-hydrogen) atoms. The molecule has 158 valence electrons. The summed E-state index contributed by atoms with van der Waals surface area (Å²) in [6.45, 7) is 0.600. The molecule has 0 saturated heterocycles. The van der Waals surface area contributed by atoms with Gasteiger partial charge in [0.1, 0.15) is 23.7 Å². The fourth-order valence-electron chi connectivity index (χ4n) is 3.47. The molecule has 0 atom stereocenters. The molecule has 2 heterocycles. The number of furan rings is 1. The molecule has 7 heteroatoms. The summed E-state index contributed by atoms with van der Waals surface area (Å²) in [4.78, 5) is 15.5. The number of fused-ring (bicyclic) bond motifs is 1. The van der Waals surface area contributed by atoms with Crippen LogP contribution in [0.1, 0.15) is 16.8 Å². The number of hydrogen-bond donors (Lipinski definition) is 2. The third-order valence-electron chi connectivity index (χ3n) is 4.96. The van der Waals surface area contributed by atoms with Gasteiger partial charge >= 0.3 is 5.97 Å². The first-order valence-electron chi connectivity index (χ1n) is 9.74.